The van der Waals surface area contributed by atoms with E-state index < -0.39 is 10.3 Å². The van der Waals surface area contributed by atoms with E-state index in [1.807, 2.05) is 20.8 Å². The number of nitrogens with one attached hydrogen (secondary N) is 1. The Morgan fingerprint density at radius 2 is 2.10 bits per heavy atom. The van der Waals surface area contributed by atoms with Gasteiger partial charge in [-0.25, -0.2) is 4.98 Å². The molecule has 0 atom stereocenters. The van der Waals surface area contributed by atoms with Crippen LogP contribution in [0.1, 0.15) is 32.0 Å². The van der Waals surface area contributed by atoms with Crippen molar-refractivity contribution < 1.29 is 19.6 Å². The number of nitro groups is 1. The highest BCUT2D eigenvalue weighted by Gasteiger charge is 2.31. The lowest BCUT2D eigenvalue weighted by Crippen LogP contribution is -2.19. The molecule has 1 amide bonds. The lowest BCUT2D eigenvalue weighted by molar-refractivity contribution is -0.381. The second-order valence-corrected chi connectivity index (χ2v) is 9.06. The van der Waals surface area contributed by atoms with Crippen LogP contribution in [0.15, 0.2) is 28.1 Å². The summed E-state index contributed by atoms with van der Waals surface area (Å²) in [4.78, 5) is 32.1. The molecule has 3 rings (SSSR count). The molecule has 1 fully saturated rings. The number of nitrogens with zero attached hydrogens (tertiary/aromatic N) is 3. The highest BCUT2D eigenvalue weighted by Crippen LogP contribution is 2.40. The summed E-state index contributed by atoms with van der Waals surface area (Å²) in [6.45, 7) is 5.51. The van der Waals surface area contributed by atoms with Gasteiger partial charge in [0.05, 0.1) is 16.9 Å². The average Bonchev–Trinajstić information content (AvgIpc) is 3.20. The van der Waals surface area contributed by atoms with E-state index in [2.05, 4.69) is 15.3 Å². The van der Waals surface area contributed by atoms with Crippen molar-refractivity contribution in [1.82, 2.24) is 10.3 Å². The number of hydrogen-bond acceptors (Lipinski definition) is 9. The maximum Gasteiger partial charge on any atom is 0.349 e. The molecule has 0 saturated carbocycles. The Bertz CT molecular complexity index is 1050. The van der Waals surface area contributed by atoms with Gasteiger partial charge in [-0.3, -0.25) is 14.9 Å². The van der Waals surface area contributed by atoms with Crippen LogP contribution in [0, 0.1) is 10.1 Å². The van der Waals surface area contributed by atoms with E-state index in [1.54, 1.807) is 18.2 Å². The molecule has 1 aromatic heterocycles. The zero-order valence-corrected chi connectivity index (χ0v) is 17.7. The number of amidine groups is 1. The second kappa shape index (κ2) is 7.84. The molecule has 29 heavy (non-hydrogen) atoms. The minimum absolute atomic E-state index is 0.000412. The van der Waals surface area contributed by atoms with Crippen LogP contribution in [-0.2, 0) is 10.2 Å². The van der Waals surface area contributed by atoms with Gasteiger partial charge in [0.2, 0.25) is 5.13 Å². The van der Waals surface area contributed by atoms with Crippen molar-refractivity contribution in [2.45, 2.75) is 26.2 Å². The number of thiazole rings is 1. The molecule has 1 saturated heterocycles. The summed E-state index contributed by atoms with van der Waals surface area (Å²) in [6, 6.07) is 4.72. The first kappa shape index (κ1) is 20.8. The minimum Gasteiger partial charge on any atom is -0.504 e. The number of phenolic OH excluding ortho intramolecular Hbond substituents is 1. The molecule has 0 spiro atoms. The fourth-order valence-corrected chi connectivity index (χ4v) is 4.31. The highest BCUT2D eigenvalue weighted by atomic mass is 32.2. The number of carbonyl (C=O) groups is 1. The van der Waals surface area contributed by atoms with Gasteiger partial charge in [-0.15, -0.1) is 0 Å². The molecule has 0 unspecified atom stereocenters. The highest BCUT2D eigenvalue weighted by molar-refractivity contribution is 8.18. The number of carbonyl (C=O) groups excluding carboxylic acids is 1. The molecule has 2 N–H and O–H groups in total. The third kappa shape index (κ3) is 4.57. The van der Waals surface area contributed by atoms with E-state index in [-0.39, 0.29) is 27.0 Å². The summed E-state index contributed by atoms with van der Waals surface area (Å²) in [5.74, 6) is -0.0511. The number of methoxy groups -OCH3 is 1. The van der Waals surface area contributed by atoms with Crippen molar-refractivity contribution >= 4 is 50.4 Å². The maximum atomic E-state index is 12.3. The van der Waals surface area contributed by atoms with Crippen LogP contribution in [-0.4, -0.2) is 33.2 Å². The quantitative estimate of drug-likeness (QED) is 0.424. The fraction of sp³-hybridized carbons (Fsp3) is 0.278. The number of amides is 1. The Morgan fingerprint density at radius 1 is 1.38 bits per heavy atom. The third-order valence-electron chi connectivity index (χ3n) is 3.82. The Labute approximate surface area is 174 Å². The predicted octanol–water partition coefficient (Wildman–Crippen LogP) is 3.95. The lowest BCUT2D eigenvalue weighted by Gasteiger charge is -2.13. The summed E-state index contributed by atoms with van der Waals surface area (Å²) in [5.41, 5.74) is 0.512. The summed E-state index contributed by atoms with van der Waals surface area (Å²) in [7, 11) is 1.44. The van der Waals surface area contributed by atoms with Gasteiger partial charge in [-0.05, 0) is 46.9 Å². The number of rotatable bonds is 4. The Morgan fingerprint density at radius 3 is 2.69 bits per heavy atom. The van der Waals surface area contributed by atoms with E-state index in [1.165, 1.54) is 13.2 Å². The summed E-state index contributed by atoms with van der Waals surface area (Å²) in [5, 5.41) is 24.1. The van der Waals surface area contributed by atoms with E-state index >= 15 is 0 Å². The topological polar surface area (TPSA) is 127 Å². The molecule has 0 aliphatic carbocycles. The van der Waals surface area contributed by atoms with Gasteiger partial charge in [0.15, 0.2) is 16.7 Å². The first-order valence-corrected chi connectivity index (χ1v) is 10.0. The van der Waals surface area contributed by atoms with Gasteiger partial charge in [0.25, 0.3) is 5.91 Å². The molecule has 0 bridgehead atoms. The molecule has 1 aromatic carbocycles. The van der Waals surface area contributed by atoms with Crippen molar-refractivity contribution in [3.05, 3.63) is 44.5 Å². The Hall–Kier alpha value is -2.92. The van der Waals surface area contributed by atoms with Crippen molar-refractivity contribution in [3.63, 3.8) is 0 Å². The number of thioether (sulfide) groups is 1. The second-order valence-electron chi connectivity index (χ2n) is 7.07. The van der Waals surface area contributed by atoms with Crippen molar-refractivity contribution in [3.8, 4) is 11.5 Å². The van der Waals surface area contributed by atoms with Crippen LogP contribution in [0.5, 0.6) is 11.5 Å². The number of hydrogen-bond donors (Lipinski definition) is 2. The van der Waals surface area contributed by atoms with E-state index in [0.29, 0.717) is 21.9 Å². The monoisotopic (exact) mass is 434 g/mol. The largest absolute Gasteiger partial charge is 0.504 e. The summed E-state index contributed by atoms with van der Waals surface area (Å²) < 4.78 is 5.07. The standard InChI is InChI=1S/C18H18N4O5S2/c1-18(2,3)13-15(22(25)26)29-16(19-13)21-17-20-14(24)12(28-17)8-9-5-6-10(23)11(7-9)27-4/h5-8,23H,1-4H3,(H,19,20,21,24)/b12-8-. The maximum absolute atomic E-state index is 12.3. The average molecular weight is 434 g/mol. The summed E-state index contributed by atoms with van der Waals surface area (Å²) >= 11 is 1.97. The van der Waals surface area contributed by atoms with E-state index in [0.717, 1.165) is 23.1 Å². The molecule has 2 aromatic rings. The lowest BCUT2D eigenvalue weighted by atomic mass is 9.93. The van der Waals surface area contributed by atoms with E-state index in [9.17, 15) is 20.0 Å². The van der Waals surface area contributed by atoms with Crippen LogP contribution in [0.4, 0.5) is 10.1 Å². The molecule has 11 heteroatoms. The van der Waals surface area contributed by atoms with Crippen LogP contribution in [0.25, 0.3) is 6.08 Å². The zero-order chi connectivity index (χ0) is 21.3. The van der Waals surface area contributed by atoms with Gasteiger partial charge in [-0.1, -0.05) is 26.8 Å². The van der Waals surface area contributed by atoms with Gasteiger partial charge in [0.1, 0.15) is 5.69 Å². The number of aliphatic imine (C=N–C) groups is 1. The van der Waals surface area contributed by atoms with Crippen molar-refractivity contribution in [2.75, 3.05) is 7.11 Å². The van der Waals surface area contributed by atoms with Gasteiger partial charge in [-0.2, -0.15) is 4.99 Å². The van der Waals surface area contributed by atoms with Crippen LogP contribution in [0.2, 0.25) is 0 Å². The smallest absolute Gasteiger partial charge is 0.349 e. The Balaban J connectivity index is 1.89. The number of benzene rings is 1. The van der Waals surface area contributed by atoms with Gasteiger partial charge < -0.3 is 15.2 Å². The zero-order valence-electron chi connectivity index (χ0n) is 16.0. The molecule has 0 radical (unpaired) electrons. The van der Waals surface area contributed by atoms with Gasteiger partial charge >= 0.3 is 5.00 Å². The number of aromatic hydroxyl groups is 1. The molecule has 1 aliphatic heterocycles. The van der Waals surface area contributed by atoms with Crippen LogP contribution >= 0.6 is 23.1 Å². The SMILES string of the molecule is COc1cc(/C=C2\S/C(=N/c3nc(C(C)(C)C)c([N+](=O)[O-])s3)NC2=O)ccc1O. The predicted molar refractivity (Wildman–Crippen MR) is 113 cm³/mol. The molecule has 2 heterocycles. The summed E-state index contributed by atoms with van der Waals surface area (Å²) in [6.07, 6.45) is 1.63. The molecular weight excluding hydrogens is 416 g/mol. The van der Waals surface area contributed by atoms with E-state index in [4.69, 9.17) is 4.74 Å². The van der Waals surface area contributed by atoms with Crippen molar-refractivity contribution in [2.24, 2.45) is 4.99 Å². The molecular formula is C18H18N4O5S2. The molecule has 152 valence electrons. The first-order chi connectivity index (χ1) is 13.6. The first-order valence-electron chi connectivity index (χ1n) is 8.41. The normalized spacial score (nSPS) is 17.0. The number of ether oxygens (including phenoxy) is 1. The van der Waals surface area contributed by atoms with Crippen LogP contribution < -0.4 is 10.1 Å². The number of phenols is 1. The molecule has 1 aliphatic rings. The Kier molecular flexibility index (Phi) is 5.62. The van der Waals surface area contributed by atoms with Crippen LogP contribution in [0.3, 0.4) is 0 Å². The fourth-order valence-electron chi connectivity index (χ4n) is 2.46. The minimum atomic E-state index is -0.508. The van der Waals surface area contributed by atoms with Gasteiger partial charge in [0, 0.05) is 5.41 Å². The molecule has 9 nitrogen and oxygen atoms in total. The number of aromatic nitrogens is 1. The van der Waals surface area contributed by atoms with Crippen molar-refractivity contribution in [1.29, 1.82) is 0 Å². The third-order valence-corrected chi connectivity index (χ3v) is 5.63.